The summed E-state index contributed by atoms with van der Waals surface area (Å²) in [6, 6.07) is 0. The van der Waals surface area contributed by atoms with E-state index >= 15 is 0 Å². The van der Waals surface area contributed by atoms with E-state index in [-0.39, 0.29) is 17.8 Å². The highest BCUT2D eigenvalue weighted by Crippen LogP contribution is 2.48. The molecule has 5 atom stereocenters. The molecule has 40 heavy (non-hydrogen) atoms. The molecule has 8 heteroatoms. The van der Waals surface area contributed by atoms with E-state index in [9.17, 15) is 39.6 Å². The third-order valence-electron chi connectivity index (χ3n) is 8.97. The van der Waals surface area contributed by atoms with E-state index in [2.05, 4.69) is 41.5 Å². The summed E-state index contributed by atoms with van der Waals surface area (Å²) in [7, 11) is 0. The fraction of sp³-hybridized carbons (Fsp3) is 0.875. The number of rotatable bonds is 25. The molecule has 0 radical (unpaired) electrons. The maximum Gasteiger partial charge on any atom is 0.337 e. The summed E-state index contributed by atoms with van der Waals surface area (Å²) in [6.45, 7) is 12.5. The summed E-state index contributed by atoms with van der Waals surface area (Å²) in [4.78, 5) is 51.3. The molecule has 8 nitrogen and oxygen atoms in total. The molecule has 0 aliphatic heterocycles. The number of Topliss-reactive ketones (excluding diaryl/α,β-unsaturated/α-hetero) is 1. The first-order valence-electron chi connectivity index (χ1n) is 15.8. The number of aliphatic carboxylic acids is 3. The highest BCUT2D eigenvalue weighted by atomic mass is 16.4. The average molecular weight is 571 g/mol. The van der Waals surface area contributed by atoms with Crippen molar-refractivity contribution in [1.82, 2.24) is 0 Å². The van der Waals surface area contributed by atoms with Gasteiger partial charge in [-0.15, -0.1) is 0 Å². The molecule has 5 unspecified atom stereocenters. The average Bonchev–Trinajstić information content (AvgIpc) is 2.90. The van der Waals surface area contributed by atoms with Crippen molar-refractivity contribution in [3.63, 3.8) is 0 Å². The van der Waals surface area contributed by atoms with Gasteiger partial charge in [0.05, 0.1) is 6.42 Å². The van der Waals surface area contributed by atoms with Gasteiger partial charge in [-0.05, 0) is 37.0 Å². The Kier molecular flexibility index (Phi) is 18.3. The van der Waals surface area contributed by atoms with Gasteiger partial charge < -0.3 is 20.4 Å². The Hall–Kier alpha value is -1.96. The van der Waals surface area contributed by atoms with Gasteiger partial charge in [-0.3, -0.25) is 14.4 Å². The molecule has 0 aliphatic rings. The predicted molar refractivity (Wildman–Crippen MR) is 157 cm³/mol. The fourth-order valence-electron chi connectivity index (χ4n) is 6.41. The third-order valence-corrected chi connectivity index (χ3v) is 8.97. The Labute approximate surface area is 242 Å². The lowest BCUT2D eigenvalue weighted by Gasteiger charge is -2.43. The van der Waals surface area contributed by atoms with Crippen molar-refractivity contribution in [2.45, 2.75) is 150 Å². The van der Waals surface area contributed by atoms with Gasteiger partial charge in [0.1, 0.15) is 0 Å². The summed E-state index contributed by atoms with van der Waals surface area (Å²) in [5.41, 5.74) is -4.43. The van der Waals surface area contributed by atoms with Gasteiger partial charge in [-0.2, -0.15) is 0 Å². The Bertz CT molecular complexity index is 733. The molecule has 0 heterocycles. The van der Waals surface area contributed by atoms with E-state index in [0.29, 0.717) is 19.3 Å². The fourth-order valence-corrected chi connectivity index (χ4v) is 6.41. The summed E-state index contributed by atoms with van der Waals surface area (Å²) in [6.07, 6.45) is 10.7. The van der Waals surface area contributed by atoms with E-state index in [1.165, 1.54) is 0 Å². The lowest BCUT2D eigenvalue weighted by molar-refractivity contribution is -0.184. The first-order valence-corrected chi connectivity index (χ1v) is 15.8. The molecule has 234 valence electrons. The summed E-state index contributed by atoms with van der Waals surface area (Å²) < 4.78 is 0. The van der Waals surface area contributed by atoms with Gasteiger partial charge in [0.15, 0.2) is 17.3 Å². The molecule has 0 amide bonds. The zero-order valence-corrected chi connectivity index (χ0v) is 26.0. The number of unbranched alkanes of at least 4 members (excludes halogenated alkanes) is 3. The third kappa shape index (κ3) is 11.5. The quantitative estimate of drug-likeness (QED) is 0.0832. The Morgan fingerprint density at radius 3 is 1.20 bits per heavy atom. The topological polar surface area (TPSA) is 149 Å². The van der Waals surface area contributed by atoms with E-state index in [4.69, 9.17) is 0 Å². The monoisotopic (exact) mass is 570 g/mol. The van der Waals surface area contributed by atoms with Gasteiger partial charge in [0, 0.05) is 5.41 Å². The van der Waals surface area contributed by atoms with Crippen LogP contribution in [0.4, 0.5) is 0 Å². The van der Waals surface area contributed by atoms with Crippen molar-refractivity contribution in [1.29, 1.82) is 0 Å². The summed E-state index contributed by atoms with van der Waals surface area (Å²) >= 11 is 0. The van der Waals surface area contributed by atoms with Crippen LogP contribution < -0.4 is 0 Å². The Morgan fingerprint density at radius 1 is 0.625 bits per heavy atom. The van der Waals surface area contributed by atoms with E-state index < -0.39 is 47.0 Å². The van der Waals surface area contributed by atoms with Gasteiger partial charge in [0.2, 0.25) is 0 Å². The summed E-state index contributed by atoms with van der Waals surface area (Å²) in [5.74, 6) is -8.27. The minimum atomic E-state index is -3.25. The molecular formula is C32H58O8. The number of carbonyl (C=O) groups is 4. The maximum atomic E-state index is 14.7. The van der Waals surface area contributed by atoms with Crippen LogP contribution in [-0.4, -0.2) is 49.7 Å². The minimum absolute atomic E-state index is 0.128. The maximum absolute atomic E-state index is 14.7. The van der Waals surface area contributed by atoms with Crippen LogP contribution in [0.3, 0.4) is 0 Å². The number of aliphatic hydroxyl groups is 1. The number of carboxylic acids is 3. The van der Waals surface area contributed by atoms with Crippen molar-refractivity contribution >= 4 is 23.7 Å². The van der Waals surface area contributed by atoms with E-state index in [0.717, 1.165) is 77.0 Å². The van der Waals surface area contributed by atoms with Crippen molar-refractivity contribution < 1.29 is 39.6 Å². The Balaban J connectivity index is 7.29. The van der Waals surface area contributed by atoms with Crippen LogP contribution in [0.1, 0.15) is 144 Å². The first kappa shape index (κ1) is 38.0. The van der Waals surface area contributed by atoms with Crippen LogP contribution in [0.25, 0.3) is 0 Å². The number of carbonyl (C=O) groups excluding carboxylic acids is 1. The van der Waals surface area contributed by atoms with Crippen molar-refractivity contribution in [3.8, 4) is 0 Å². The lowest BCUT2D eigenvalue weighted by Crippen LogP contribution is -2.58. The highest BCUT2D eigenvalue weighted by molar-refractivity contribution is 6.07. The van der Waals surface area contributed by atoms with E-state index in [1.807, 2.05) is 0 Å². The standard InChI is InChI=1S/C32H58O8/c1-7-13-16-23(10-4)19-31(20-24(11-5)17-14-8-2,21-25(12-6)18-15-9-3)28(35)27(29(36)37)32(40,30(38)39)22-26(33)34/h23-25,27,40H,7-22H2,1-6H3,(H,33,34)(H,36,37)(H,38,39). The molecule has 0 saturated heterocycles. The van der Waals surface area contributed by atoms with Crippen LogP contribution in [0.2, 0.25) is 0 Å². The van der Waals surface area contributed by atoms with Gasteiger partial charge >= 0.3 is 17.9 Å². The van der Waals surface area contributed by atoms with Crippen LogP contribution in [0, 0.1) is 29.1 Å². The van der Waals surface area contributed by atoms with Crippen LogP contribution in [-0.2, 0) is 19.2 Å². The number of hydrogen-bond acceptors (Lipinski definition) is 5. The minimum Gasteiger partial charge on any atom is -0.481 e. The largest absolute Gasteiger partial charge is 0.481 e. The highest BCUT2D eigenvalue weighted by Gasteiger charge is 2.58. The Morgan fingerprint density at radius 2 is 0.975 bits per heavy atom. The second-order valence-corrected chi connectivity index (χ2v) is 12.1. The summed E-state index contributed by atoms with van der Waals surface area (Å²) in [5, 5.41) is 40.8. The zero-order valence-electron chi connectivity index (χ0n) is 26.0. The molecule has 0 aromatic carbocycles. The van der Waals surface area contributed by atoms with Crippen molar-refractivity contribution in [2.24, 2.45) is 29.1 Å². The zero-order chi connectivity index (χ0) is 30.9. The molecule has 4 N–H and O–H groups in total. The van der Waals surface area contributed by atoms with Crippen LogP contribution in [0.5, 0.6) is 0 Å². The number of ketones is 1. The molecule has 0 bridgehead atoms. The molecule has 0 aliphatic carbocycles. The molecule has 0 aromatic heterocycles. The first-order chi connectivity index (χ1) is 18.8. The smallest absolute Gasteiger partial charge is 0.337 e. The second-order valence-electron chi connectivity index (χ2n) is 12.1. The molecule has 0 saturated carbocycles. The molecule has 0 rings (SSSR count). The van der Waals surface area contributed by atoms with Crippen molar-refractivity contribution in [3.05, 3.63) is 0 Å². The van der Waals surface area contributed by atoms with Crippen LogP contribution in [0.15, 0.2) is 0 Å². The SMILES string of the molecule is CCCCC(CC)CC(CC(CC)CCCC)(CC(CC)CCCC)C(=O)C(C(=O)O)C(O)(CC(=O)O)C(=O)O. The van der Waals surface area contributed by atoms with E-state index in [1.54, 1.807) is 0 Å². The number of carboxylic acid groups (broad SMARTS) is 3. The van der Waals surface area contributed by atoms with Crippen LogP contribution >= 0.6 is 0 Å². The molecule has 0 aromatic rings. The van der Waals surface area contributed by atoms with Crippen molar-refractivity contribution in [2.75, 3.05) is 0 Å². The molecule has 0 fully saturated rings. The lowest BCUT2D eigenvalue weighted by atomic mass is 9.59. The number of hydrogen-bond donors (Lipinski definition) is 4. The van der Waals surface area contributed by atoms with Gasteiger partial charge in [-0.1, -0.05) is 119 Å². The normalized spacial score (nSPS) is 17.7. The van der Waals surface area contributed by atoms with Gasteiger partial charge in [-0.25, -0.2) is 4.79 Å². The molecular weight excluding hydrogens is 512 g/mol. The predicted octanol–water partition coefficient (Wildman–Crippen LogP) is 7.35. The molecule has 0 spiro atoms. The van der Waals surface area contributed by atoms with Gasteiger partial charge in [0.25, 0.3) is 0 Å². The second kappa shape index (κ2) is 19.2.